The summed E-state index contributed by atoms with van der Waals surface area (Å²) in [6.07, 6.45) is 3.38. The Morgan fingerprint density at radius 3 is 2.53 bits per heavy atom. The number of ether oxygens (including phenoxy) is 1. The number of carbonyl (C=O) groups excluding carboxylic acids is 2. The largest absolute Gasteiger partial charge is 0.469 e. The zero-order chi connectivity index (χ0) is 22.1. The second-order valence-corrected chi connectivity index (χ2v) is 8.91. The van der Waals surface area contributed by atoms with Crippen LogP contribution in [0.5, 0.6) is 0 Å². The van der Waals surface area contributed by atoms with Crippen LogP contribution in [0.15, 0.2) is 24.3 Å². The van der Waals surface area contributed by atoms with E-state index in [1.165, 1.54) is 22.7 Å². The molecule has 0 amide bonds. The number of piperidine rings is 1. The Kier molecular flexibility index (Phi) is 10.2. The molecule has 4 atom stereocenters. The Hall–Kier alpha value is -1.56. The molecule has 160 valence electrons. The monoisotopic (exact) mass is 541 g/mol. The van der Waals surface area contributed by atoms with Crippen LogP contribution in [-0.2, 0) is 18.7 Å². The summed E-state index contributed by atoms with van der Waals surface area (Å²) in [5.41, 5.74) is 1.28. The molecule has 2 heterocycles. The molecule has 1 aromatic carbocycles. The maximum absolute atomic E-state index is 12.3. The number of esters is 1. The molecule has 2 aliphatic rings. The minimum absolute atomic E-state index is 0.0242. The Morgan fingerprint density at radius 2 is 1.93 bits per heavy atom. The molecule has 1 aromatic rings. The van der Waals surface area contributed by atoms with Crippen LogP contribution in [0.3, 0.4) is 0 Å². The lowest BCUT2D eigenvalue weighted by Crippen LogP contribution is -2.49. The quantitative estimate of drug-likeness (QED) is 0.156. The molecule has 0 spiro atoms. The summed E-state index contributed by atoms with van der Waals surface area (Å²) in [4.78, 5) is 25.0. The number of hydrogen-bond donors (Lipinski definition) is 1. The molecule has 30 heavy (non-hydrogen) atoms. The molecule has 0 aromatic heterocycles. The third kappa shape index (κ3) is 6.47. The number of methoxy groups -OCH3 is 1. The normalized spacial score (nSPS) is 24.3. The van der Waals surface area contributed by atoms with Crippen LogP contribution >= 0.6 is 34.6 Å². The average Bonchev–Trinajstić information content (AvgIpc) is 2.97. The summed E-state index contributed by atoms with van der Waals surface area (Å²) >= 11 is 2.57. The van der Waals surface area contributed by atoms with Gasteiger partial charge in [-0.1, -0.05) is 18.1 Å². The van der Waals surface area contributed by atoms with Crippen molar-refractivity contribution in [1.29, 1.82) is 0 Å². The molecule has 3 rings (SSSR count). The SMILES string of the molecule is CC#CC#CC(=O)SOO.COC(=O)C1C2CC[C@H](C[C@@H]1c1ccc(I)cc1)N2C. The molecule has 0 saturated carbocycles. The van der Waals surface area contributed by atoms with Crippen molar-refractivity contribution >= 4 is 45.7 Å². The summed E-state index contributed by atoms with van der Waals surface area (Å²) < 4.78 is 9.78. The summed E-state index contributed by atoms with van der Waals surface area (Å²) in [6.45, 7) is 1.61. The lowest BCUT2D eigenvalue weighted by molar-refractivity contribution is -0.150. The van der Waals surface area contributed by atoms with Gasteiger partial charge in [0.25, 0.3) is 5.12 Å². The molecule has 6 nitrogen and oxygen atoms in total. The Bertz CT molecular complexity index is 867. The molecule has 2 aliphatic heterocycles. The summed E-state index contributed by atoms with van der Waals surface area (Å²) in [5.74, 6) is 9.40. The van der Waals surface area contributed by atoms with Crippen LogP contribution < -0.4 is 0 Å². The molecule has 0 aliphatic carbocycles. The van der Waals surface area contributed by atoms with E-state index in [0.29, 0.717) is 18.0 Å². The van der Waals surface area contributed by atoms with Crippen LogP contribution in [0.4, 0.5) is 0 Å². The van der Waals surface area contributed by atoms with E-state index in [9.17, 15) is 9.59 Å². The van der Waals surface area contributed by atoms with Crippen molar-refractivity contribution in [1.82, 2.24) is 4.90 Å². The smallest absolute Gasteiger partial charge is 0.310 e. The molecule has 2 fully saturated rings. The van der Waals surface area contributed by atoms with E-state index in [2.05, 4.69) is 86.8 Å². The second-order valence-electron chi connectivity index (χ2n) is 6.98. The predicted octanol–water partition coefficient (Wildman–Crippen LogP) is 3.71. The maximum Gasteiger partial charge on any atom is 0.310 e. The van der Waals surface area contributed by atoms with Gasteiger partial charge in [-0.25, -0.2) is 5.26 Å². The summed E-state index contributed by atoms with van der Waals surface area (Å²) in [5, 5.41) is 7.15. The van der Waals surface area contributed by atoms with E-state index in [0.717, 1.165) is 12.8 Å². The van der Waals surface area contributed by atoms with Gasteiger partial charge in [0.05, 0.1) is 13.0 Å². The third-order valence-corrected chi connectivity index (χ3v) is 6.55. The van der Waals surface area contributed by atoms with Gasteiger partial charge in [0, 0.05) is 27.5 Å². The molecule has 8 heteroatoms. The van der Waals surface area contributed by atoms with E-state index in [4.69, 9.17) is 9.99 Å². The number of hydrogen-bond acceptors (Lipinski definition) is 7. The van der Waals surface area contributed by atoms with E-state index >= 15 is 0 Å². The number of benzene rings is 1. The molecular weight excluding hydrogens is 517 g/mol. The van der Waals surface area contributed by atoms with Crippen molar-refractivity contribution in [3.05, 3.63) is 33.4 Å². The van der Waals surface area contributed by atoms with Crippen molar-refractivity contribution < 1.29 is 23.9 Å². The van der Waals surface area contributed by atoms with Gasteiger partial charge < -0.3 is 4.74 Å². The fourth-order valence-electron chi connectivity index (χ4n) is 4.18. The molecular formula is C22H24INO5S. The van der Waals surface area contributed by atoms with Crippen LogP contribution in [0, 0.1) is 33.2 Å². The van der Waals surface area contributed by atoms with Gasteiger partial charge in [0.2, 0.25) is 0 Å². The van der Waals surface area contributed by atoms with Gasteiger partial charge in [-0.3, -0.25) is 14.5 Å². The van der Waals surface area contributed by atoms with Crippen LogP contribution in [0.2, 0.25) is 0 Å². The van der Waals surface area contributed by atoms with Crippen LogP contribution in [0.1, 0.15) is 37.7 Å². The summed E-state index contributed by atoms with van der Waals surface area (Å²) in [7, 11) is 3.66. The van der Waals surface area contributed by atoms with Crippen LogP contribution in [-0.4, -0.2) is 47.5 Å². The lowest BCUT2D eigenvalue weighted by atomic mass is 9.76. The van der Waals surface area contributed by atoms with Crippen LogP contribution in [0.25, 0.3) is 0 Å². The predicted molar refractivity (Wildman–Crippen MR) is 124 cm³/mol. The van der Waals surface area contributed by atoms with Crippen molar-refractivity contribution in [2.45, 2.75) is 44.2 Å². The van der Waals surface area contributed by atoms with E-state index < -0.39 is 5.12 Å². The molecule has 2 saturated heterocycles. The number of fused-ring (bicyclic) bond motifs is 2. The first-order valence-electron chi connectivity index (χ1n) is 9.42. The molecule has 0 radical (unpaired) electrons. The highest BCUT2D eigenvalue weighted by Crippen LogP contribution is 2.46. The highest BCUT2D eigenvalue weighted by atomic mass is 127. The van der Waals surface area contributed by atoms with Crippen molar-refractivity contribution in [2.75, 3.05) is 14.2 Å². The number of rotatable bonds is 3. The average molecular weight is 541 g/mol. The van der Waals surface area contributed by atoms with Gasteiger partial charge in [-0.2, -0.15) is 4.33 Å². The Labute approximate surface area is 195 Å². The Morgan fingerprint density at radius 1 is 1.23 bits per heavy atom. The summed E-state index contributed by atoms with van der Waals surface area (Å²) in [6, 6.07) is 9.56. The highest BCUT2D eigenvalue weighted by Gasteiger charge is 2.49. The lowest BCUT2D eigenvalue weighted by Gasteiger charge is -2.41. The molecule has 2 unspecified atom stereocenters. The Balaban J connectivity index is 0.000000274. The fraction of sp³-hybridized carbons (Fsp3) is 0.455. The van der Waals surface area contributed by atoms with E-state index in [1.807, 2.05) is 0 Å². The molecule has 1 N–H and O–H groups in total. The number of carbonyl (C=O) groups is 2. The second kappa shape index (κ2) is 12.3. The number of halogens is 1. The zero-order valence-corrected chi connectivity index (χ0v) is 20.0. The standard InChI is InChI=1S/C16H20INO2.C6H4O3S/c1-18-12-7-8-14(18)15(16(19)20-2)13(9-12)10-3-5-11(17)6-4-10;1-2-3-4-5-6(7)10-9-8/h3-6,12-15H,7-9H2,1-2H3;8H,1H3/t12-,13-,14?,15?;/m1./s1. The minimum Gasteiger partial charge on any atom is -0.469 e. The topological polar surface area (TPSA) is 76.1 Å². The van der Waals surface area contributed by atoms with Crippen molar-refractivity contribution in [2.24, 2.45) is 5.92 Å². The van der Waals surface area contributed by atoms with Gasteiger partial charge in [0.1, 0.15) is 12.0 Å². The van der Waals surface area contributed by atoms with E-state index in [-0.39, 0.29) is 23.9 Å². The molecule has 2 bridgehead atoms. The number of nitrogens with zero attached hydrogens (tertiary/aromatic N) is 1. The zero-order valence-electron chi connectivity index (χ0n) is 17.1. The van der Waals surface area contributed by atoms with Gasteiger partial charge in [-0.05, 0) is 85.4 Å². The van der Waals surface area contributed by atoms with Gasteiger partial charge in [-0.15, -0.1) is 0 Å². The first-order chi connectivity index (χ1) is 14.4. The maximum atomic E-state index is 12.3. The highest BCUT2D eigenvalue weighted by molar-refractivity contribution is 14.1. The van der Waals surface area contributed by atoms with Crippen molar-refractivity contribution in [3.8, 4) is 23.7 Å². The minimum atomic E-state index is -0.578. The van der Waals surface area contributed by atoms with Crippen molar-refractivity contribution in [3.63, 3.8) is 0 Å². The fourth-order valence-corrected chi connectivity index (χ4v) is 4.70. The van der Waals surface area contributed by atoms with Gasteiger partial charge in [0.15, 0.2) is 0 Å². The van der Waals surface area contributed by atoms with E-state index in [1.54, 1.807) is 6.92 Å². The first kappa shape index (κ1) is 24.7. The third-order valence-electron chi connectivity index (χ3n) is 5.51. The first-order valence-corrected chi connectivity index (χ1v) is 11.2. The van der Waals surface area contributed by atoms with Gasteiger partial charge >= 0.3 is 5.97 Å².